The molecule has 0 atom stereocenters. The second-order valence-electron chi connectivity index (χ2n) is 12.0. The fraction of sp³-hybridized carbons (Fsp3) is 0. The molecule has 0 aliphatic heterocycles. The van der Waals surface area contributed by atoms with Gasteiger partial charge in [-0.05, 0) is 53.2 Å². The minimum atomic E-state index is 0.878. The molecule has 0 N–H and O–H groups in total. The van der Waals surface area contributed by atoms with Crippen LogP contribution in [0.1, 0.15) is 0 Å². The SMILES string of the molecule is c1ccc(-c2ccc3ccc4ccc(-c5ccc(-c6ccc7c(ccc8c9ccccc9oc78)n6)c6ccccc56)nc4c3n2)cc1. The average Bonchev–Trinajstić information content (AvgIpc) is 3.53. The first-order valence-corrected chi connectivity index (χ1v) is 15.8. The summed E-state index contributed by atoms with van der Waals surface area (Å²) in [5.74, 6) is 0. The molecular weight excluding hydrogens is 574 g/mol. The maximum atomic E-state index is 6.28. The maximum Gasteiger partial charge on any atom is 0.144 e. The van der Waals surface area contributed by atoms with Gasteiger partial charge in [-0.15, -0.1) is 0 Å². The zero-order valence-electron chi connectivity index (χ0n) is 25.2. The zero-order valence-corrected chi connectivity index (χ0v) is 25.2. The van der Waals surface area contributed by atoms with E-state index in [1.807, 2.05) is 36.4 Å². The van der Waals surface area contributed by atoms with Crippen molar-refractivity contribution >= 4 is 65.4 Å². The zero-order chi connectivity index (χ0) is 30.9. The highest BCUT2D eigenvalue weighted by Gasteiger charge is 2.15. The van der Waals surface area contributed by atoms with Crippen LogP contribution in [-0.4, -0.2) is 15.0 Å². The van der Waals surface area contributed by atoms with E-state index in [4.69, 9.17) is 19.4 Å². The number of benzene rings is 6. The molecule has 0 radical (unpaired) electrons. The summed E-state index contributed by atoms with van der Waals surface area (Å²) in [7, 11) is 0. The summed E-state index contributed by atoms with van der Waals surface area (Å²) < 4.78 is 6.28. The fourth-order valence-electron chi connectivity index (χ4n) is 6.97. The van der Waals surface area contributed by atoms with Gasteiger partial charge >= 0.3 is 0 Å². The van der Waals surface area contributed by atoms with E-state index in [1.165, 1.54) is 0 Å². The number of nitrogens with zero attached hydrogens (tertiary/aromatic N) is 3. The number of hydrogen-bond acceptors (Lipinski definition) is 4. The van der Waals surface area contributed by atoms with E-state index in [9.17, 15) is 0 Å². The lowest BCUT2D eigenvalue weighted by Crippen LogP contribution is -1.93. The first-order chi connectivity index (χ1) is 23.3. The normalized spacial score (nSPS) is 11.8. The molecule has 0 aliphatic rings. The van der Waals surface area contributed by atoms with Gasteiger partial charge in [-0.3, -0.25) is 0 Å². The molecule has 0 amide bonds. The highest BCUT2D eigenvalue weighted by molar-refractivity contribution is 6.15. The number of pyridine rings is 3. The molecule has 4 nitrogen and oxygen atoms in total. The van der Waals surface area contributed by atoms with E-state index in [1.54, 1.807) is 0 Å². The summed E-state index contributed by atoms with van der Waals surface area (Å²) >= 11 is 0. The molecule has 0 unspecified atom stereocenters. The third kappa shape index (κ3) is 4.05. The molecule has 0 saturated heterocycles. The molecule has 10 aromatic rings. The minimum Gasteiger partial charge on any atom is -0.455 e. The van der Waals surface area contributed by atoms with Crippen LogP contribution in [0.4, 0.5) is 0 Å². The summed E-state index contributed by atoms with van der Waals surface area (Å²) in [5, 5.41) is 7.65. The van der Waals surface area contributed by atoms with Gasteiger partial charge in [-0.2, -0.15) is 0 Å². The Balaban J connectivity index is 1.12. The van der Waals surface area contributed by atoms with Crippen LogP contribution in [0, 0.1) is 0 Å². The maximum absolute atomic E-state index is 6.28. The van der Waals surface area contributed by atoms with Gasteiger partial charge in [0.15, 0.2) is 0 Å². The summed E-state index contributed by atoms with van der Waals surface area (Å²) in [6.07, 6.45) is 0. The van der Waals surface area contributed by atoms with Crippen molar-refractivity contribution in [1.29, 1.82) is 0 Å². The van der Waals surface area contributed by atoms with Gasteiger partial charge in [0, 0.05) is 43.6 Å². The monoisotopic (exact) mass is 599 g/mol. The molecule has 4 heterocycles. The van der Waals surface area contributed by atoms with E-state index >= 15 is 0 Å². The van der Waals surface area contributed by atoms with Crippen molar-refractivity contribution in [2.45, 2.75) is 0 Å². The van der Waals surface area contributed by atoms with E-state index in [-0.39, 0.29) is 0 Å². The standard InChI is InChI=1S/C43H25N3O/c1-2-8-26(9-3-1)36-22-16-27-14-15-28-17-23-38(46-42(28)41(27)45-36)32-19-18-31(29-10-4-5-11-30(29)32)37-25-21-35-39(44-37)24-20-34-33-12-6-7-13-40(33)47-43(34)35/h1-25H. The van der Waals surface area contributed by atoms with E-state index in [2.05, 4.69) is 115 Å². The lowest BCUT2D eigenvalue weighted by atomic mass is 9.95. The Hall–Kier alpha value is -6.39. The van der Waals surface area contributed by atoms with Crippen LogP contribution in [0.2, 0.25) is 0 Å². The number of para-hydroxylation sites is 1. The number of furan rings is 1. The Kier molecular flexibility index (Phi) is 5.54. The Bertz CT molecular complexity index is 2850. The molecule has 0 bridgehead atoms. The van der Waals surface area contributed by atoms with Crippen molar-refractivity contribution in [3.63, 3.8) is 0 Å². The second-order valence-corrected chi connectivity index (χ2v) is 12.0. The molecule has 0 spiro atoms. The molecule has 218 valence electrons. The highest BCUT2D eigenvalue weighted by atomic mass is 16.3. The quantitative estimate of drug-likeness (QED) is 0.190. The van der Waals surface area contributed by atoms with Crippen molar-refractivity contribution in [1.82, 2.24) is 15.0 Å². The van der Waals surface area contributed by atoms with Gasteiger partial charge in [0.25, 0.3) is 0 Å². The molecule has 4 heteroatoms. The van der Waals surface area contributed by atoms with Crippen molar-refractivity contribution in [2.75, 3.05) is 0 Å². The van der Waals surface area contributed by atoms with Crippen LogP contribution in [0.25, 0.3) is 99.2 Å². The topological polar surface area (TPSA) is 51.8 Å². The average molecular weight is 600 g/mol. The Morgan fingerprint density at radius 1 is 0.362 bits per heavy atom. The minimum absolute atomic E-state index is 0.878. The van der Waals surface area contributed by atoms with Crippen LogP contribution in [0.15, 0.2) is 156 Å². The molecule has 0 saturated carbocycles. The van der Waals surface area contributed by atoms with Gasteiger partial charge in [-0.25, -0.2) is 15.0 Å². The smallest absolute Gasteiger partial charge is 0.144 e. The third-order valence-electron chi connectivity index (χ3n) is 9.28. The summed E-state index contributed by atoms with van der Waals surface area (Å²) in [6.45, 7) is 0. The molecule has 0 fully saturated rings. The third-order valence-corrected chi connectivity index (χ3v) is 9.28. The lowest BCUT2D eigenvalue weighted by Gasteiger charge is -2.13. The van der Waals surface area contributed by atoms with Crippen molar-refractivity contribution in [3.05, 3.63) is 152 Å². The van der Waals surface area contributed by atoms with Crippen LogP contribution < -0.4 is 0 Å². The predicted molar refractivity (Wildman–Crippen MR) is 193 cm³/mol. The lowest BCUT2D eigenvalue weighted by molar-refractivity contribution is 0.672. The first kappa shape index (κ1) is 25.9. The molecule has 6 aromatic carbocycles. The van der Waals surface area contributed by atoms with Crippen molar-refractivity contribution in [2.24, 2.45) is 0 Å². The molecule has 4 aromatic heterocycles. The van der Waals surface area contributed by atoms with Gasteiger partial charge < -0.3 is 4.42 Å². The van der Waals surface area contributed by atoms with Gasteiger partial charge in [0.2, 0.25) is 0 Å². The molecular formula is C43H25N3O. The van der Waals surface area contributed by atoms with Crippen LogP contribution in [0.3, 0.4) is 0 Å². The number of aromatic nitrogens is 3. The molecule has 10 rings (SSSR count). The summed E-state index contributed by atoms with van der Waals surface area (Å²) in [4.78, 5) is 15.5. The van der Waals surface area contributed by atoms with Crippen molar-refractivity contribution in [3.8, 4) is 33.8 Å². The summed E-state index contributed by atoms with van der Waals surface area (Å²) in [5.41, 5.74) is 10.5. The molecule has 47 heavy (non-hydrogen) atoms. The number of fused-ring (bicyclic) bond motifs is 9. The van der Waals surface area contributed by atoms with E-state index in [0.29, 0.717) is 0 Å². The Labute approximate surface area is 269 Å². The largest absolute Gasteiger partial charge is 0.455 e. The van der Waals surface area contributed by atoms with E-state index < -0.39 is 0 Å². The number of hydrogen-bond donors (Lipinski definition) is 0. The van der Waals surface area contributed by atoms with Crippen LogP contribution in [-0.2, 0) is 0 Å². The van der Waals surface area contributed by atoms with Crippen molar-refractivity contribution < 1.29 is 4.42 Å². The summed E-state index contributed by atoms with van der Waals surface area (Å²) in [6, 6.07) is 52.5. The fourth-order valence-corrected chi connectivity index (χ4v) is 6.97. The first-order valence-electron chi connectivity index (χ1n) is 15.8. The predicted octanol–water partition coefficient (Wildman–Crippen LogP) is 11.4. The van der Waals surface area contributed by atoms with Gasteiger partial charge in [0.05, 0.1) is 33.6 Å². The highest BCUT2D eigenvalue weighted by Crippen LogP contribution is 2.38. The van der Waals surface area contributed by atoms with E-state index in [0.717, 1.165) is 99.2 Å². The Morgan fingerprint density at radius 2 is 0.915 bits per heavy atom. The second kappa shape index (κ2) is 10.1. The Morgan fingerprint density at radius 3 is 1.66 bits per heavy atom. The molecule has 0 aliphatic carbocycles. The van der Waals surface area contributed by atoms with Crippen LogP contribution in [0.5, 0.6) is 0 Å². The van der Waals surface area contributed by atoms with Gasteiger partial charge in [-0.1, -0.05) is 109 Å². The van der Waals surface area contributed by atoms with Crippen LogP contribution >= 0.6 is 0 Å². The van der Waals surface area contributed by atoms with Gasteiger partial charge in [0.1, 0.15) is 11.2 Å². The number of rotatable bonds is 3.